The number of rotatable bonds is 9. The maximum Gasteiger partial charge on any atom is 0.0332 e. The highest BCUT2D eigenvalue weighted by Crippen LogP contribution is 2.20. The molecule has 2 heteroatoms. The molecule has 114 valence electrons. The van der Waals surface area contributed by atoms with Crippen molar-refractivity contribution >= 4 is 0 Å². The molecule has 1 unspecified atom stereocenters. The first-order valence-electron chi connectivity index (χ1n) is 8.07. The van der Waals surface area contributed by atoms with Crippen molar-refractivity contribution in [1.29, 1.82) is 0 Å². The van der Waals surface area contributed by atoms with E-state index in [1.807, 2.05) is 0 Å². The molecule has 0 saturated heterocycles. The Labute approximate surface area is 125 Å². The molecule has 0 heterocycles. The molecule has 0 spiro atoms. The second-order valence-electron chi connectivity index (χ2n) is 6.02. The summed E-state index contributed by atoms with van der Waals surface area (Å²) >= 11 is 0. The summed E-state index contributed by atoms with van der Waals surface area (Å²) < 4.78 is 0. The van der Waals surface area contributed by atoms with Gasteiger partial charge in [0, 0.05) is 6.04 Å². The van der Waals surface area contributed by atoms with Crippen LogP contribution in [0.25, 0.3) is 0 Å². The Kier molecular flexibility index (Phi) is 7.86. The molecule has 1 rings (SSSR count). The molecule has 20 heavy (non-hydrogen) atoms. The molecule has 0 bridgehead atoms. The minimum atomic E-state index is 0.479. The molecular formula is C18H32N2. The Morgan fingerprint density at radius 3 is 2.20 bits per heavy atom. The summed E-state index contributed by atoms with van der Waals surface area (Å²) in [5.41, 5.74) is 4.18. The molecule has 0 aliphatic heterocycles. The zero-order valence-corrected chi connectivity index (χ0v) is 14.0. The first-order chi connectivity index (χ1) is 9.56. The van der Waals surface area contributed by atoms with E-state index in [2.05, 4.69) is 63.2 Å². The van der Waals surface area contributed by atoms with E-state index in [1.165, 1.54) is 42.5 Å². The highest BCUT2D eigenvalue weighted by Gasteiger charge is 2.12. The van der Waals surface area contributed by atoms with E-state index in [0.717, 1.165) is 13.1 Å². The van der Waals surface area contributed by atoms with Crippen molar-refractivity contribution in [1.82, 2.24) is 10.2 Å². The molecule has 0 radical (unpaired) electrons. The number of nitrogens with one attached hydrogen (secondary N) is 1. The second-order valence-corrected chi connectivity index (χ2v) is 6.02. The average molecular weight is 276 g/mol. The van der Waals surface area contributed by atoms with E-state index >= 15 is 0 Å². The number of aryl methyl sites for hydroxylation is 2. The van der Waals surface area contributed by atoms with E-state index in [0.29, 0.717) is 6.04 Å². The van der Waals surface area contributed by atoms with Crippen LogP contribution in [0, 0.1) is 13.8 Å². The van der Waals surface area contributed by atoms with Gasteiger partial charge in [-0.3, -0.25) is 0 Å². The molecule has 0 amide bonds. The number of hydrogen-bond acceptors (Lipinski definition) is 2. The third-order valence-corrected chi connectivity index (χ3v) is 3.69. The Bertz CT molecular complexity index is 367. The maximum absolute atomic E-state index is 3.71. The van der Waals surface area contributed by atoms with Crippen LogP contribution in [-0.4, -0.2) is 31.6 Å². The van der Waals surface area contributed by atoms with Crippen LogP contribution in [0.3, 0.4) is 0 Å². The fourth-order valence-electron chi connectivity index (χ4n) is 2.76. The highest BCUT2D eigenvalue weighted by atomic mass is 15.1. The van der Waals surface area contributed by atoms with Gasteiger partial charge in [-0.15, -0.1) is 0 Å². The molecule has 0 saturated carbocycles. The van der Waals surface area contributed by atoms with Crippen LogP contribution in [0.4, 0.5) is 0 Å². The molecule has 1 N–H and O–H groups in total. The molecule has 0 aliphatic carbocycles. The van der Waals surface area contributed by atoms with Gasteiger partial charge in [-0.25, -0.2) is 0 Å². The highest BCUT2D eigenvalue weighted by molar-refractivity contribution is 5.30. The van der Waals surface area contributed by atoms with E-state index < -0.39 is 0 Å². The smallest absolute Gasteiger partial charge is 0.0332 e. The van der Waals surface area contributed by atoms with Crippen LogP contribution in [-0.2, 0) is 0 Å². The van der Waals surface area contributed by atoms with Crippen molar-refractivity contribution in [3.63, 3.8) is 0 Å². The minimum absolute atomic E-state index is 0.479. The average Bonchev–Trinajstić information content (AvgIpc) is 2.38. The Balaban J connectivity index is 2.72. The predicted octanol–water partition coefficient (Wildman–Crippen LogP) is 4.08. The molecule has 0 fully saturated rings. The number of benzene rings is 1. The topological polar surface area (TPSA) is 15.3 Å². The van der Waals surface area contributed by atoms with E-state index in [-0.39, 0.29) is 0 Å². The summed E-state index contributed by atoms with van der Waals surface area (Å²) in [6, 6.07) is 7.40. The molecule has 1 aromatic carbocycles. The molecule has 0 aliphatic rings. The molecule has 0 aromatic heterocycles. The van der Waals surface area contributed by atoms with Crippen LogP contribution >= 0.6 is 0 Å². The van der Waals surface area contributed by atoms with Crippen molar-refractivity contribution in [2.45, 2.75) is 53.0 Å². The third kappa shape index (κ3) is 6.06. The number of nitrogens with zero attached hydrogens (tertiary/aromatic N) is 1. The summed E-state index contributed by atoms with van der Waals surface area (Å²) in [4.78, 5) is 2.43. The van der Waals surface area contributed by atoms with Gasteiger partial charge in [-0.05, 0) is 65.4 Å². The Hall–Kier alpha value is -0.860. The van der Waals surface area contributed by atoms with Crippen molar-refractivity contribution in [2.75, 3.05) is 26.7 Å². The van der Waals surface area contributed by atoms with Gasteiger partial charge < -0.3 is 10.2 Å². The van der Waals surface area contributed by atoms with Crippen LogP contribution in [0.1, 0.15) is 55.8 Å². The van der Waals surface area contributed by atoms with E-state index in [4.69, 9.17) is 0 Å². The monoisotopic (exact) mass is 276 g/mol. The zero-order valence-electron chi connectivity index (χ0n) is 14.0. The zero-order chi connectivity index (χ0) is 15.0. The van der Waals surface area contributed by atoms with Gasteiger partial charge in [0.05, 0.1) is 0 Å². The van der Waals surface area contributed by atoms with Gasteiger partial charge in [-0.2, -0.15) is 0 Å². The van der Waals surface area contributed by atoms with Crippen molar-refractivity contribution in [3.8, 4) is 0 Å². The minimum Gasteiger partial charge on any atom is -0.310 e. The third-order valence-electron chi connectivity index (χ3n) is 3.69. The summed E-state index contributed by atoms with van der Waals surface area (Å²) in [5, 5.41) is 3.71. The Morgan fingerprint density at radius 1 is 1.00 bits per heavy atom. The first-order valence-corrected chi connectivity index (χ1v) is 8.07. The standard InChI is InChI=1S/C18H32N2/c1-6-9-19-18(8-11-20(5)10-7-2)17-13-15(3)12-16(4)14-17/h12-14,18-19H,6-11H2,1-5H3. The lowest BCUT2D eigenvalue weighted by Crippen LogP contribution is -2.28. The van der Waals surface area contributed by atoms with E-state index in [9.17, 15) is 0 Å². The van der Waals surface area contributed by atoms with Gasteiger partial charge in [0.15, 0.2) is 0 Å². The van der Waals surface area contributed by atoms with Crippen LogP contribution in [0.2, 0.25) is 0 Å². The van der Waals surface area contributed by atoms with Gasteiger partial charge in [0.2, 0.25) is 0 Å². The fraction of sp³-hybridized carbons (Fsp3) is 0.667. The van der Waals surface area contributed by atoms with Gasteiger partial charge in [0.1, 0.15) is 0 Å². The summed E-state index contributed by atoms with van der Waals surface area (Å²) in [6.45, 7) is 12.3. The number of hydrogen-bond donors (Lipinski definition) is 1. The van der Waals surface area contributed by atoms with Gasteiger partial charge in [0.25, 0.3) is 0 Å². The quantitative estimate of drug-likeness (QED) is 0.731. The molecule has 1 atom stereocenters. The maximum atomic E-state index is 3.71. The lowest BCUT2D eigenvalue weighted by molar-refractivity contribution is 0.307. The Morgan fingerprint density at radius 2 is 1.65 bits per heavy atom. The molecule has 2 nitrogen and oxygen atoms in total. The predicted molar refractivity (Wildman–Crippen MR) is 89.4 cm³/mol. The van der Waals surface area contributed by atoms with Crippen molar-refractivity contribution < 1.29 is 0 Å². The SMILES string of the molecule is CCCNC(CCN(C)CCC)c1cc(C)cc(C)c1. The van der Waals surface area contributed by atoms with Gasteiger partial charge >= 0.3 is 0 Å². The molecular weight excluding hydrogens is 244 g/mol. The molecule has 1 aromatic rings. The summed E-state index contributed by atoms with van der Waals surface area (Å²) in [6.07, 6.45) is 3.60. The second kappa shape index (κ2) is 9.15. The van der Waals surface area contributed by atoms with Crippen molar-refractivity contribution in [2.24, 2.45) is 0 Å². The lowest BCUT2D eigenvalue weighted by Gasteiger charge is -2.23. The van der Waals surface area contributed by atoms with Gasteiger partial charge in [-0.1, -0.05) is 43.2 Å². The lowest BCUT2D eigenvalue weighted by atomic mass is 9.98. The fourth-order valence-corrected chi connectivity index (χ4v) is 2.76. The van der Waals surface area contributed by atoms with Crippen LogP contribution in [0.5, 0.6) is 0 Å². The largest absolute Gasteiger partial charge is 0.310 e. The van der Waals surface area contributed by atoms with Crippen LogP contribution < -0.4 is 5.32 Å². The van der Waals surface area contributed by atoms with Crippen LogP contribution in [0.15, 0.2) is 18.2 Å². The van der Waals surface area contributed by atoms with Crippen molar-refractivity contribution in [3.05, 3.63) is 34.9 Å². The normalized spacial score (nSPS) is 12.9. The summed E-state index contributed by atoms with van der Waals surface area (Å²) in [5.74, 6) is 0. The van der Waals surface area contributed by atoms with E-state index in [1.54, 1.807) is 0 Å². The first kappa shape index (κ1) is 17.2. The summed E-state index contributed by atoms with van der Waals surface area (Å²) in [7, 11) is 2.22.